The van der Waals surface area contributed by atoms with Gasteiger partial charge in [-0.25, -0.2) is 0 Å². The van der Waals surface area contributed by atoms with Crippen molar-refractivity contribution in [2.45, 2.75) is 18.9 Å². The van der Waals surface area contributed by atoms with E-state index in [0.29, 0.717) is 35.8 Å². The summed E-state index contributed by atoms with van der Waals surface area (Å²) < 4.78 is 18.0. The van der Waals surface area contributed by atoms with E-state index >= 15 is 0 Å². The first kappa shape index (κ1) is 14.9. The second-order valence-corrected chi connectivity index (χ2v) is 6.24. The summed E-state index contributed by atoms with van der Waals surface area (Å²) in [7, 11) is 1.58. The molecule has 1 aromatic rings. The summed E-state index contributed by atoms with van der Waals surface area (Å²) >= 11 is 7.11. The lowest BCUT2D eigenvalue weighted by atomic mass is 10.0. The zero-order chi connectivity index (χ0) is 15.0. The topological polar surface area (TPSA) is 69.5 Å². The van der Waals surface area contributed by atoms with Crippen molar-refractivity contribution in [2.75, 3.05) is 20.5 Å². The number of nitrogens with zero attached hydrogens (tertiary/aromatic N) is 1. The van der Waals surface area contributed by atoms with Crippen molar-refractivity contribution in [3.8, 4) is 17.2 Å². The molecule has 1 aromatic carbocycles. The first-order chi connectivity index (χ1) is 10.2. The SMILES string of the molecule is COc1c(Br)c(C[C@H]2CC(CO)=NO2)c(Br)c2c1OCO2. The number of hydrogen-bond acceptors (Lipinski definition) is 6. The summed E-state index contributed by atoms with van der Waals surface area (Å²) in [5, 5.41) is 12.9. The first-order valence-electron chi connectivity index (χ1n) is 6.31. The summed E-state index contributed by atoms with van der Waals surface area (Å²) in [4.78, 5) is 5.34. The van der Waals surface area contributed by atoms with E-state index in [4.69, 9.17) is 24.2 Å². The number of benzene rings is 1. The molecule has 3 rings (SSSR count). The fraction of sp³-hybridized carbons (Fsp3) is 0.462. The zero-order valence-electron chi connectivity index (χ0n) is 11.2. The largest absolute Gasteiger partial charge is 0.492 e. The van der Waals surface area contributed by atoms with Crippen LogP contribution in [0, 0.1) is 0 Å². The molecule has 2 aliphatic rings. The van der Waals surface area contributed by atoms with Gasteiger partial charge in [0, 0.05) is 12.8 Å². The highest BCUT2D eigenvalue weighted by Crippen LogP contribution is 2.52. The van der Waals surface area contributed by atoms with E-state index in [9.17, 15) is 0 Å². The molecule has 0 aliphatic carbocycles. The number of rotatable bonds is 4. The Labute approximate surface area is 138 Å². The molecule has 0 saturated heterocycles. The number of halogens is 2. The number of hydrogen-bond donors (Lipinski definition) is 1. The molecule has 1 N–H and O–H groups in total. The summed E-state index contributed by atoms with van der Waals surface area (Å²) in [6.07, 6.45) is 1.08. The van der Waals surface area contributed by atoms with Gasteiger partial charge in [0.05, 0.1) is 28.4 Å². The van der Waals surface area contributed by atoms with Crippen molar-refractivity contribution in [1.82, 2.24) is 0 Å². The number of oxime groups is 1. The van der Waals surface area contributed by atoms with Gasteiger partial charge in [0.15, 0.2) is 11.5 Å². The average molecular weight is 423 g/mol. The minimum absolute atomic E-state index is 0.0801. The highest BCUT2D eigenvalue weighted by Gasteiger charge is 2.31. The Bertz CT molecular complexity index is 605. The van der Waals surface area contributed by atoms with Gasteiger partial charge in [-0.05, 0) is 37.4 Å². The lowest BCUT2D eigenvalue weighted by molar-refractivity contribution is 0.0855. The molecule has 8 heteroatoms. The molecule has 0 aromatic heterocycles. The van der Waals surface area contributed by atoms with Crippen LogP contribution in [0.2, 0.25) is 0 Å². The van der Waals surface area contributed by atoms with Crippen LogP contribution in [0.25, 0.3) is 0 Å². The minimum Gasteiger partial charge on any atom is -0.492 e. The van der Waals surface area contributed by atoms with Gasteiger partial charge >= 0.3 is 0 Å². The maximum atomic E-state index is 9.08. The van der Waals surface area contributed by atoms with Crippen molar-refractivity contribution >= 4 is 37.6 Å². The van der Waals surface area contributed by atoms with Gasteiger partial charge in [0.25, 0.3) is 0 Å². The van der Waals surface area contributed by atoms with Crippen LogP contribution in [0.1, 0.15) is 12.0 Å². The third-order valence-corrected chi connectivity index (χ3v) is 5.04. The van der Waals surface area contributed by atoms with Gasteiger partial charge in [-0.15, -0.1) is 0 Å². The molecule has 0 fully saturated rings. The van der Waals surface area contributed by atoms with Gasteiger partial charge in [0.1, 0.15) is 6.10 Å². The smallest absolute Gasteiger partial charge is 0.231 e. The fourth-order valence-corrected chi connectivity index (χ4v) is 3.98. The van der Waals surface area contributed by atoms with Crippen LogP contribution in [0.3, 0.4) is 0 Å². The maximum Gasteiger partial charge on any atom is 0.231 e. The van der Waals surface area contributed by atoms with Gasteiger partial charge in [-0.3, -0.25) is 0 Å². The lowest BCUT2D eigenvalue weighted by Gasteiger charge is -2.16. The molecule has 0 radical (unpaired) electrons. The molecule has 0 bridgehead atoms. The molecule has 114 valence electrons. The van der Waals surface area contributed by atoms with Crippen LogP contribution in [-0.2, 0) is 11.3 Å². The van der Waals surface area contributed by atoms with Crippen LogP contribution >= 0.6 is 31.9 Å². The van der Waals surface area contributed by atoms with Gasteiger partial charge in [-0.1, -0.05) is 5.16 Å². The highest BCUT2D eigenvalue weighted by atomic mass is 79.9. The second kappa shape index (κ2) is 6.02. The third-order valence-electron chi connectivity index (χ3n) is 3.36. The van der Waals surface area contributed by atoms with E-state index in [1.165, 1.54) is 0 Å². The summed E-state index contributed by atoms with van der Waals surface area (Å²) in [6, 6.07) is 0. The van der Waals surface area contributed by atoms with Gasteiger partial charge in [0.2, 0.25) is 12.5 Å². The molecule has 2 aliphatic heterocycles. The normalized spacial score (nSPS) is 19.4. The number of aliphatic hydroxyl groups is 1. The van der Waals surface area contributed by atoms with Crippen LogP contribution in [0.5, 0.6) is 17.2 Å². The highest BCUT2D eigenvalue weighted by molar-refractivity contribution is 9.11. The monoisotopic (exact) mass is 421 g/mol. The molecular formula is C13H13Br2NO5. The van der Waals surface area contributed by atoms with Crippen LogP contribution in [0.15, 0.2) is 14.1 Å². The Hall–Kier alpha value is -0.990. The van der Waals surface area contributed by atoms with Crippen LogP contribution in [-0.4, -0.2) is 37.4 Å². The summed E-state index contributed by atoms with van der Waals surface area (Å²) in [6.45, 7) is 0.0845. The predicted molar refractivity (Wildman–Crippen MR) is 82.2 cm³/mol. The predicted octanol–water partition coefficient (Wildman–Crippen LogP) is 2.63. The summed E-state index contributed by atoms with van der Waals surface area (Å²) in [5.41, 5.74) is 1.61. The number of methoxy groups -OCH3 is 1. The number of aliphatic hydroxyl groups excluding tert-OH is 1. The van der Waals surface area contributed by atoms with Crippen molar-refractivity contribution < 1.29 is 24.2 Å². The Kier molecular flexibility index (Phi) is 4.28. The van der Waals surface area contributed by atoms with E-state index in [2.05, 4.69) is 37.0 Å². The Morgan fingerprint density at radius 3 is 2.71 bits per heavy atom. The van der Waals surface area contributed by atoms with Crippen LogP contribution in [0.4, 0.5) is 0 Å². The zero-order valence-corrected chi connectivity index (χ0v) is 14.4. The van der Waals surface area contributed by atoms with Crippen molar-refractivity contribution in [3.63, 3.8) is 0 Å². The van der Waals surface area contributed by atoms with Crippen molar-refractivity contribution in [1.29, 1.82) is 0 Å². The number of ether oxygens (including phenoxy) is 3. The first-order valence-corrected chi connectivity index (χ1v) is 7.90. The van der Waals surface area contributed by atoms with Crippen molar-refractivity contribution in [2.24, 2.45) is 5.16 Å². The Morgan fingerprint density at radius 1 is 1.29 bits per heavy atom. The average Bonchev–Trinajstić information content (AvgIpc) is 3.13. The van der Waals surface area contributed by atoms with Crippen molar-refractivity contribution in [3.05, 3.63) is 14.5 Å². The maximum absolute atomic E-state index is 9.08. The molecule has 21 heavy (non-hydrogen) atoms. The number of fused-ring (bicyclic) bond motifs is 1. The lowest BCUT2D eigenvalue weighted by Crippen LogP contribution is -2.14. The molecule has 0 spiro atoms. The van der Waals surface area contributed by atoms with Gasteiger partial charge in [-0.2, -0.15) is 0 Å². The molecular weight excluding hydrogens is 410 g/mol. The molecule has 1 atom stereocenters. The van der Waals surface area contributed by atoms with E-state index in [-0.39, 0.29) is 19.5 Å². The van der Waals surface area contributed by atoms with E-state index in [1.807, 2.05) is 0 Å². The standard InChI is InChI=1S/C13H13Br2NO5/c1-18-11-9(14)8(3-7-2-6(4-17)16-21-7)10(15)12-13(11)20-5-19-12/h7,17H,2-5H2,1H3/t7-/m1/s1. The molecule has 0 amide bonds. The molecule has 0 unspecified atom stereocenters. The Balaban J connectivity index is 1.92. The quantitative estimate of drug-likeness (QED) is 0.807. The fourth-order valence-electron chi connectivity index (χ4n) is 2.36. The molecule has 2 heterocycles. The Morgan fingerprint density at radius 2 is 2.05 bits per heavy atom. The van der Waals surface area contributed by atoms with Gasteiger partial charge < -0.3 is 24.2 Å². The minimum atomic E-state index is -0.121. The van der Waals surface area contributed by atoms with Crippen LogP contribution < -0.4 is 14.2 Å². The summed E-state index contributed by atoms with van der Waals surface area (Å²) in [5.74, 6) is 1.81. The second-order valence-electron chi connectivity index (χ2n) is 4.66. The van der Waals surface area contributed by atoms with E-state index in [1.54, 1.807) is 7.11 Å². The molecule has 6 nitrogen and oxygen atoms in total. The molecule has 0 saturated carbocycles. The van der Waals surface area contributed by atoms with E-state index < -0.39 is 0 Å². The third kappa shape index (κ3) is 2.60. The van der Waals surface area contributed by atoms with E-state index in [0.717, 1.165) is 14.5 Å².